The second-order valence-corrected chi connectivity index (χ2v) is 1.90. The van der Waals surface area contributed by atoms with Crippen LogP contribution < -0.4 is 5.73 Å². The van der Waals surface area contributed by atoms with Gasteiger partial charge in [-0.3, -0.25) is 0 Å². The maximum Gasteiger partial charge on any atom is 0.132 e. The van der Waals surface area contributed by atoms with E-state index in [2.05, 4.69) is 6.58 Å². The maximum absolute atomic E-state index is 12.1. The van der Waals surface area contributed by atoms with Crippen LogP contribution in [0.4, 0.5) is 8.78 Å². The first-order valence-electron chi connectivity index (χ1n) is 2.98. The number of halogens is 2. The fraction of sp³-hybridized carbons (Fsp3) is 0.429. The number of hydrogen-bond acceptors (Lipinski definition) is 1. The van der Waals surface area contributed by atoms with E-state index in [-0.39, 0.29) is 6.42 Å². The SMILES string of the molecule is C=C/C(N)=C\CC(F)CF. The fourth-order valence-electron chi connectivity index (χ4n) is 0.410. The van der Waals surface area contributed by atoms with Gasteiger partial charge in [0.1, 0.15) is 12.8 Å². The van der Waals surface area contributed by atoms with Gasteiger partial charge < -0.3 is 5.73 Å². The molecule has 10 heavy (non-hydrogen) atoms. The van der Waals surface area contributed by atoms with Gasteiger partial charge in [-0.1, -0.05) is 12.7 Å². The Labute approximate surface area is 59.2 Å². The number of rotatable bonds is 4. The van der Waals surface area contributed by atoms with Gasteiger partial charge in [0.05, 0.1) is 0 Å². The van der Waals surface area contributed by atoms with Crippen LogP contribution in [0.5, 0.6) is 0 Å². The van der Waals surface area contributed by atoms with Crippen molar-refractivity contribution in [3.8, 4) is 0 Å². The van der Waals surface area contributed by atoms with E-state index in [1.54, 1.807) is 0 Å². The Hall–Kier alpha value is -0.860. The van der Waals surface area contributed by atoms with E-state index in [4.69, 9.17) is 5.73 Å². The van der Waals surface area contributed by atoms with Gasteiger partial charge in [0.2, 0.25) is 0 Å². The molecule has 3 heteroatoms. The predicted molar refractivity (Wildman–Crippen MR) is 38.0 cm³/mol. The molecule has 0 aromatic rings. The monoisotopic (exact) mass is 147 g/mol. The number of allylic oxidation sites excluding steroid dienone is 2. The van der Waals surface area contributed by atoms with E-state index in [9.17, 15) is 8.78 Å². The van der Waals surface area contributed by atoms with Crippen molar-refractivity contribution in [3.63, 3.8) is 0 Å². The Bertz CT molecular complexity index is 132. The van der Waals surface area contributed by atoms with Gasteiger partial charge in [-0.15, -0.1) is 0 Å². The number of alkyl halides is 2. The van der Waals surface area contributed by atoms with E-state index in [0.29, 0.717) is 5.70 Å². The highest BCUT2D eigenvalue weighted by Gasteiger charge is 2.01. The van der Waals surface area contributed by atoms with Gasteiger partial charge >= 0.3 is 0 Å². The Morgan fingerprint density at radius 3 is 2.70 bits per heavy atom. The molecule has 0 rings (SSSR count). The molecule has 0 aliphatic heterocycles. The zero-order valence-corrected chi connectivity index (χ0v) is 5.69. The van der Waals surface area contributed by atoms with E-state index < -0.39 is 12.8 Å². The molecule has 0 fully saturated rings. The minimum absolute atomic E-state index is 0.0222. The molecule has 2 N–H and O–H groups in total. The zero-order valence-electron chi connectivity index (χ0n) is 5.69. The van der Waals surface area contributed by atoms with E-state index in [0.717, 1.165) is 0 Å². The molecule has 0 amide bonds. The van der Waals surface area contributed by atoms with Crippen LogP contribution in [0.15, 0.2) is 24.4 Å². The molecule has 0 aromatic carbocycles. The lowest BCUT2D eigenvalue weighted by atomic mass is 10.2. The lowest BCUT2D eigenvalue weighted by Gasteiger charge is -1.97. The minimum atomic E-state index is -1.43. The van der Waals surface area contributed by atoms with Crippen LogP contribution in [0.25, 0.3) is 0 Å². The maximum atomic E-state index is 12.1. The topological polar surface area (TPSA) is 26.0 Å². The highest BCUT2D eigenvalue weighted by Crippen LogP contribution is 2.00. The molecule has 1 unspecified atom stereocenters. The van der Waals surface area contributed by atoms with Gasteiger partial charge in [-0.25, -0.2) is 8.78 Å². The average Bonchev–Trinajstić information content (AvgIpc) is 1.99. The molecular formula is C7H11F2N. The standard InChI is InChI=1S/C7H11F2N/c1-2-7(10)4-3-6(9)5-8/h2,4,6H,1,3,5,10H2/b7-4+. The molecule has 1 atom stereocenters. The highest BCUT2D eigenvalue weighted by atomic mass is 19.2. The van der Waals surface area contributed by atoms with E-state index in [1.807, 2.05) is 0 Å². The first-order valence-corrected chi connectivity index (χ1v) is 2.98. The minimum Gasteiger partial charge on any atom is -0.399 e. The van der Waals surface area contributed by atoms with Crippen molar-refractivity contribution in [2.24, 2.45) is 5.73 Å². The van der Waals surface area contributed by atoms with Crippen LogP contribution in [-0.4, -0.2) is 12.8 Å². The lowest BCUT2D eigenvalue weighted by molar-refractivity contribution is 0.263. The molecule has 0 aliphatic carbocycles. The molecule has 0 aromatic heterocycles. The van der Waals surface area contributed by atoms with Crippen molar-refractivity contribution in [2.75, 3.05) is 6.67 Å². The normalized spacial score (nSPS) is 14.8. The highest BCUT2D eigenvalue weighted by molar-refractivity contribution is 5.11. The van der Waals surface area contributed by atoms with Crippen molar-refractivity contribution < 1.29 is 8.78 Å². The molecule has 0 bridgehead atoms. The van der Waals surface area contributed by atoms with E-state index >= 15 is 0 Å². The average molecular weight is 147 g/mol. The van der Waals surface area contributed by atoms with Crippen LogP contribution >= 0.6 is 0 Å². The van der Waals surface area contributed by atoms with E-state index in [1.165, 1.54) is 12.2 Å². The molecule has 0 aliphatic rings. The lowest BCUT2D eigenvalue weighted by Crippen LogP contribution is -2.02. The third kappa shape index (κ3) is 4.06. The van der Waals surface area contributed by atoms with Crippen LogP contribution in [0.1, 0.15) is 6.42 Å². The summed E-state index contributed by atoms with van der Waals surface area (Å²) in [6.45, 7) is 2.40. The molecule has 0 radical (unpaired) electrons. The summed E-state index contributed by atoms with van der Waals surface area (Å²) in [6, 6.07) is 0. The summed E-state index contributed by atoms with van der Waals surface area (Å²) in [7, 11) is 0. The largest absolute Gasteiger partial charge is 0.399 e. The Kier molecular flexibility index (Phi) is 4.54. The molecule has 1 nitrogen and oxygen atoms in total. The van der Waals surface area contributed by atoms with Crippen molar-refractivity contribution in [2.45, 2.75) is 12.6 Å². The van der Waals surface area contributed by atoms with Crippen LogP contribution in [0.3, 0.4) is 0 Å². The second kappa shape index (κ2) is 4.97. The number of nitrogens with two attached hydrogens (primary N) is 1. The summed E-state index contributed by atoms with van der Waals surface area (Å²) in [5, 5.41) is 0. The zero-order chi connectivity index (χ0) is 7.98. The third-order valence-corrected chi connectivity index (χ3v) is 1.01. The first kappa shape index (κ1) is 9.14. The van der Waals surface area contributed by atoms with Crippen LogP contribution in [0.2, 0.25) is 0 Å². The van der Waals surface area contributed by atoms with Gasteiger partial charge in [0, 0.05) is 12.1 Å². The van der Waals surface area contributed by atoms with Crippen molar-refractivity contribution >= 4 is 0 Å². The first-order chi connectivity index (χ1) is 4.70. The predicted octanol–water partition coefficient (Wildman–Crippen LogP) is 1.71. The Morgan fingerprint density at radius 1 is 1.70 bits per heavy atom. The van der Waals surface area contributed by atoms with Crippen molar-refractivity contribution in [1.82, 2.24) is 0 Å². The molecule has 0 spiro atoms. The molecule has 58 valence electrons. The summed E-state index contributed by atoms with van der Waals surface area (Å²) in [6.07, 6.45) is 1.40. The summed E-state index contributed by atoms with van der Waals surface area (Å²) >= 11 is 0. The van der Waals surface area contributed by atoms with Crippen LogP contribution in [0, 0.1) is 0 Å². The van der Waals surface area contributed by atoms with Crippen LogP contribution in [-0.2, 0) is 0 Å². The summed E-state index contributed by atoms with van der Waals surface area (Å²) < 4.78 is 23.6. The Balaban J connectivity index is 3.60. The van der Waals surface area contributed by atoms with Gasteiger partial charge in [-0.05, 0) is 6.08 Å². The fourth-order valence-corrected chi connectivity index (χ4v) is 0.410. The summed E-state index contributed by atoms with van der Waals surface area (Å²) in [4.78, 5) is 0. The Morgan fingerprint density at radius 2 is 2.30 bits per heavy atom. The molecular weight excluding hydrogens is 136 g/mol. The van der Waals surface area contributed by atoms with Gasteiger partial charge in [0.25, 0.3) is 0 Å². The molecule has 0 heterocycles. The third-order valence-electron chi connectivity index (χ3n) is 1.01. The number of hydrogen-bond donors (Lipinski definition) is 1. The quantitative estimate of drug-likeness (QED) is 0.602. The smallest absolute Gasteiger partial charge is 0.132 e. The molecule has 0 saturated heterocycles. The second-order valence-electron chi connectivity index (χ2n) is 1.90. The van der Waals surface area contributed by atoms with Gasteiger partial charge in [0.15, 0.2) is 0 Å². The summed E-state index contributed by atoms with van der Waals surface area (Å²) in [5.41, 5.74) is 5.62. The van der Waals surface area contributed by atoms with Crippen molar-refractivity contribution in [1.29, 1.82) is 0 Å². The van der Waals surface area contributed by atoms with Crippen molar-refractivity contribution in [3.05, 3.63) is 24.4 Å². The van der Waals surface area contributed by atoms with Gasteiger partial charge in [-0.2, -0.15) is 0 Å². The summed E-state index contributed by atoms with van der Waals surface area (Å²) in [5.74, 6) is 0. The molecule has 0 saturated carbocycles.